The Morgan fingerprint density at radius 1 is 1.56 bits per heavy atom. The van der Waals surface area contributed by atoms with Gasteiger partial charge >= 0.3 is 0 Å². The van der Waals surface area contributed by atoms with Gasteiger partial charge in [-0.25, -0.2) is 0 Å². The van der Waals surface area contributed by atoms with Gasteiger partial charge in [-0.1, -0.05) is 12.1 Å². The summed E-state index contributed by atoms with van der Waals surface area (Å²) in [5.41, 5.74) is 10.9. The van der Waals surface area contributed by atoms with Gasteiger partial charge in [-0.3, -0.25) is 0 Å². The van der Waals surface area contributed by atoms with Crippen LogP contribution >= 0.6 is 0 Å². The van der Waals surface area contributed by atoms with Crippen molar-refractivity contribution in [3.63, 3.8) is 0 Å². The van der Waals surface area contributed by atoms with Crippen LogP contribution in [0.5, 0.6) is 0 Å². The summed E-state index contributed by atoms with van der Waals surface area (Å²) < 4.78 is 0. The molecule has 0 saturated heterocycles. The third kappa shape index (κ3) is 1.78. The van der Waals surface area contributed by atoms with E-state index >= 15 is 0 Å². The highest BCUT2D eigenvalue weighted by Crippen LogP contribution is 2.32. The van der Waals surface area contributed by atoms with E-state index in [2.05, 4.69) is 35.5 Å². The maximum atomic E-state index is 5.70. The van der Waals surface area contributed by atoms with Crippen LogP contribution in [0.4, 0.5) is 5.69 Å². The molecule has 16 heavy (non-hydrogen) atoms. The molecule has 0 saturated carbocycles. The summed E-state index contributed by atoms with van der Waals surface area (Å²) in [4.78, 5) is 2.30. The molecule has 0 amide bonds. The lowest BCUT2D eigenvalue weighted by Gasteiger charge is -2.14. The van der Waals surface area contributed by atoms with E-state index in [0.29, 0.717) is 0 Å². The van der Waals surface area contributed by atoms with Crippen LogP contribution in [0, 0.1) is 0 Å². The minimum atomic E-state index is 0.816. The van der Waals surface area contributed by atoms with E-state index in [4.69, 9.17) is 5.73 Å². The second-order valence-corrected chi connectivity index (χ2v) is 4.20. The Bertz CT molecular complexity index is 410. The normalized spacial score (nSPS) is 15.4. The predicted octanol–water partition coefficient (Wildman–Crippen LogP) is 1.20. The smallest absolute Gasteiger partial charge is 0.0403 e. The summed E-state index contributed by atoms with van der Waals surface area (Å²) in [6.07, 6.45) is 2.83. The topological polar surface area (TPSA) is 41.3 Å². The second-order valence-electron chi connectivity index (χ2n) is 4.20. The van der Waals surface area contributed by atoms with Crippen molar-refractivity contribution in [1.29, 1.82) is 0 Å². The first-order chi connectivity index (χ1) is 7.77. The SMILES string of the molecule is CNC/C(=C\N)c1cccc2c1CCN2C. The van der Waals surface area contributed by atoms with Crippen LogP contribution in [0.25, 0.3) is 5.57 Å². The van der Waals surface area contributed by atoms with E-state index in [1.807, 2.05) is 7.05 Å². The number of hydrogen-bond donors (Lipinski definition) is 2. The molecule has 0 fully saturated rings. The molecule has 0 unspecified atom stereocenters. The number of rotatable bonds is 3. The van der Waals surface area contributed by atoms with Crippen LogP contribution in [0.1, 0.15) is 11.1 Å². The highest BCUT2D eigenvalue weighted by atomic mass is 15.1. The highest BCUT2D eigenvalue weighted by molar-refractivity contribution is 5.76. The number of nitrogens with two attached hydrogens (primary N) is 1. The lowest BCUT2D eigenvalue weighted by molar-refractivity contribution is 0.925. The molecule has 3 N–H and O–H groups in total. The molecule has 0 aliphatic carbocycles. The summed E-state index contributed by atoms with van der Waals surface area (Å²) in [7, 11) is 4.08. The summed E-state index contributed by atoms with van der Waals surface area (Å²) in [5.74, 6) is 0. The molecule has 1 heterocycles. The Balaban J connectivity index is 2.43. The molecular weight excluding hydrogens is 198 g/mol. The van der Waals surface area contributed by atoms with Crippen molar-refractivity contribution >= 4 is 11.3 Å². The summed E-state index contributed by atoms with van der Waals surface area (Å²) in [5, 5.41) is 3.16. The molecule has 1 aromatic carbocycles. The fourth-order valence-corrected chi connectivity index (χ4v) is 2.33. The molecule has 1 aromatic rings. The van der Waals surface area contributed by atoms with Gasteiger partial charge in [0.15, 0.2) is 0 Å². The van der Waals surface area contributed by atoms with Crippen molar-refractivity contribution < 1.29 is 0 Å². The zero-order valence-corrected chi connectivity index (χ0v) is 9.96. The quantitative estimate of drug-likeness (QED) is 0.799. The molecule has 2 rings (SSSR count). The van der Waals surface area contributed by atoms with Crippen molar-refractivity contribution in [1.82, 2.24) is 5.32 Å². The highest BCUT2D eigenvalue weighted by Gasteiger charge is 2.19. The monoisotopic (exact) mass is 217 g/mol. The van der Waals surface area contributed by atoms with Crippen LogP contribution in [-0.4, -0.2) is 27.2 Å². The molecule has 0 radical (unpaired) electrons. The maximum Gasteiger partial charge on any atom is 0.0403 e. The molecule has 0 spiro atoms. The van der Waals surface area contributed by atoms with E-state index in [0.717, 1.165) is 19.5 Å². The maximum absolute atomic E-state index is 5.70. The van der Waals surface area contributed by atoms with Gasteiger partial charge in [0.25, 0.3) is 0 Å². The third-order valence-corrected chi connectivity index (χ3v) is 3.17. The fourth-order valence-electron chi connectivity index (χ4n) is 2.33. The van der Waals surface area contributed by atoms with Gasteiger partial charge in [-0.05, 0) is 42.4 Å². The number of nitrogens with zero attached hydrogens (tertiary/aromatic N) is 1. The van der Waals surface area contributed by atoms with Gasteiger partial charge in [-0.15, -0.1) is 0 Å². The summed E-state index contributed by atoms with van der Waals surface area (Å²) in [6, 6.07) is 6.45. The number of nitrogens with one attached hydrogen (secondary N) is 1. The van der Waals surface area contributed by atoms with Gasteiger partial charge < -0.3 is 16.0 Å². The minimum Gasteiger partial charge on any atom is -0.404 e. The first-order valence-electron chi connectivity index (χ1n) is 5.66. The molecule has 3 nitrogen and oxygen atoms in total. The van der Waals surface area contributed by atoms with Crippen LogP contribution in [-0.2, 0) is 6.42 Å². The van der Waals surface area contributed by atoms with E-state index in [9.17, 15) is 0 Å². The van der Waals surface area contributed by atoms with Gasteiger partial charge in [0.05, 0.1) is 0 Å². The number of benzene rings is 1. The molecule has 86 valence electrons. The number of likely N-dealkylation sites (N-methyl/N-ethyl adjacent to an activating group) is 2. The first kappa shape index (κ1) is 11.0. The van der Waals surface area contributed by atoms with Gasteiger partial charge in [-0.2, -0.15) is 0 Å². The Kier molecular flexibility index (Phi) is 3.15. The van der Waals surface area contributed by atoms with E-state index in [1.165, 1.54) is 22.4 Å². The molecule has 3 heteroatoms. The second kappa shape index (κ2) is 4.58. The van der Waals surface area contributed by atoms with Crippen LogP contribution < -0.4 is 16.0 Å². The predicted molar refractivity (Wildman–Crippen MR) is 69.5 cm³/mol. The molecular formula is C13H19N3. The van der Waals surface area contributed by atoms with Gasteiger partial charge in [0.2, 0.25) is 0 Å². The first-order valence-corrected chi connectivity index (χ1v) is 5.66. The van der Waals surface area contributed by atoms with E-state index in [1.54, 1.807) is 6.20 Å². The van der Waals surface area contributed by atoms with Crippen molar-refractivity contribution in [2.75, 3.05) is 32.1 Å². The Labute approximate surface area is 96.9 Å². The Hall–Kier alpha value is -1.48. The lowest BCUT2D eigenvalue weighted by Crippen LogP contribution is -2.12. The molecule has 0 bridgehead atoms. The standard InChI is InChI=1S/C13H19N3/c1-15-9-10(8-14)11-4-3-5-13-12(11)6-7-16(13)2/h3-5,8,15H,6-7,9,14H2,1-2H3/b10-8+. The lowest BCUT2D eigenvalue weighted by atomic mass is 9.98. The van der Waals surface area contributed by atoms with Crippen molar-refractivity contribution in [2.45, 2.75) is 6.42 Å². The van der Waals surface area contributed by atoms with E-state index < -0.39 is 0 Å². The van der Waals surface area contributed by atoms with Crippen LogP contribution in [0.3, 0.4) is 0 Å². The van der Waals surface area contributed by atoms with Crippen molar-refractivity contribution in [3.05, 3.63) is 35.5 Å². The molecule has 0 aromatic heterocycles. The Morgan fingerprint density at radius 2 is 2.38 bits per heavy atom. The van der Waals surface area contributed by atoms with Gasteiger partial charge in [0.1, 0.15) is 0 Å². The van der Waals surface area contributed by atoms with Crippen LogP contribution in [0.15, 0.2) is 24.4 Å². The molecule has 1 aliphatic heterocycles. The molecule has 0 atom stereocenters. The minimum absolute atomic E-state index is 0.816. The number of hydrogen-bond acceptors (Lipinski definition) is 3. The van der Waals surface area contributed by atoms with Crippen molar-refractivity contribution in [3.8, 4) is 0 Å². The van der Waals surface area contributed by atoms with E-state index in [-0.39, 0.29) is 0 Å². The zero-order valence-electron chi connectivity index (χ0n) is 9.96. The number of anilines is 1. The summed E-state index contributed by atoms with van der Waals surface area (Å²) >= 11 is 0. The van der Waals surface area contributed by atoms with Gasteiger partial charge in [0, 0.05) is 25.8 Å². The number of fused-ring (bicyclic) bond motifs is 1. The molecule has 1 aliphatic rings. The average Bonchev–Trinajstić information content (AvgIpc) is 2.68. The third-order valence-electron chi connectivity index (χ3n) is 3.17. The van der Waals surface area contributed by atoms with Crippen LogP contribution in [0.2, 0.25) is 0 Å². The fraction of sp³-hybridized carbons (Fsp3) is 0.385. The summed E-state index contributed by atoms with van der Waals surface area (Å²) in [6.45, 7) is 1.92. The van der Waals surface area contributed by atoms with Crippen molar-refractivity contribution in [2.24, 2.45) is 5.73 Å². The average molecular weight is 217 g/mol. The zero-order chi connectivity index (χ0) is 11.5. The Morgan fingerprint density at radius 3 is 3.06 bits per heavy atom. The largest absolute Gasteiger partial charge is 0.404 e.